The molecule has 0 aliphatic carbocycles. The van der Waals surface area contributed by atoms with Gasteiger partial charge in [0, 0.05) is 23.5 Å². The Hall–Kier alpha value is -2.69. The minimum atomic E-state index is -0.183. The number of rotatable bonds is 5. The lowest BCUT2D eigenvalue weighted by Gasteiger charge is -2.08. The minimum Gasteiger partial charge on any atom is -0.497 e. The van der Waals surface area contributed by atoms with Crippen LogP contribution in [0.25, 0.3) is 0 Å². The molecule has 0 saturated carbocycles. The zero-order valence-electron chi connectivity index (χ0n) is 11.9. The number of nitrogen functional groups attached to an aromatic ring is 2. The van der Waals surface area contributed by atoms with Gasteiger partial charge in [-0.3, -0.25) is 4.79 Å². The highest BCUT2D eigenvalue weighted by Crippen LogP contribution is 2.14. The Morgan fingerprint density at radius 3 is 2.52 bits per heavy atom. The number of anilines is 2. The highest BCUT2D eigenvalue weighted by Gasteiger charge is 2.06. The van der Waals surface area contributed by atoms with Crippen molar-refractivity contribution in [2.24, 2.45) is 0 Å². The van der Waals surface area contributed by atoms with Gasteiger partial charge >= 0.3 is 0 Å². The van der Waals surface area contributed by atoms with E-state index in [4.69, 9.17) is 16.2 Å². The number of carbonyl (C=O) groups excluding carboxylic acids is 1. The van der Waals surface area contributed by atoms with Crippen molar-refractivity contribution in [1.29, 1.82) is 0 Å². The lowest BCUT2D eigenvalue weighted by atomic mass is 10.1. The summed E-state index contributed by atoms with van der Waals surface area (Å²) in [6.07, 6.45) is 0.723. The predicted molar refractivity (Wildman–Crippen MR) is 84.3 cm³/mol. The number of hydrogen-bond acceptors (Lipinski definition) is 4. The third kappa shape index (κ3) is 4.14. The van der Waals surface area contributed by atoms with E-state index in [1.165, 1.54) is 0 Å². The fourth-order valence-corrected chi connectivity index (χ4v) is 2.06. The van der Waals surface area contributed by atoms with E-state index in [1.54, 1.807) is 25.3 Å². The zero-order valence-corrected chi connectivity index (χ0v) is 11.9. The van der Waals surface area contributed by atoms with Gasteiger partial charge in [0.2, 0.25) is 0 Å². The maximum absolute atomic E-state index is 12.0. The molecule has 5 N–H and O–H groups in total. The first-order valence-electron chi connectivity index (χ1n) is 6.65. The molecule has 2 rings (SSSR count). The van der Waals surface area contributed by atoms with Crippen molar-refractivity contribution >= 4 is 17.3 Å². The van der Waals surface area contributed by atoms with Crippen LogP contribution in [0.3, 0.4) is 0 Å². The molecule has 110 valence electrons. The van der Waals surface area contributed by atoms with E-state index in [2.05, 4.69) is 5.32 Å². The molecule has 0 unspecified atom stereocenters. The summed E-state index contributed by atoms with van der Waals surface area (Å²) in [5, 5.41) is 2.85. The molecule has 0 aromatic heterocycles. The largest absolute Gasteiger partial charge is 0.497 e. The number of methoxy groups -OCH3 is 1. The topological polar surface area (TPSA) is 90.4 Å². The van der Waals surface area contributed by atoms with E-state index in [9.17, 15) is 4.79 Å². The van der Waals surface area contributed by atoms with E-state index in [-0.39, 0.29) is 5.91 Å². The average Bonchev–Trinajstić information content (AvgIpc) is 2.46. The minimum absolute atomic E-state index is 0.183. The van der Waals surface area contributed by atoms with E-state index in [1.807, 2.05) is 24.3 Å². The number of nitrogens with two attached hydrogens (primary N) is 2. The number of nitrogens with one attached hydrogen (secondary N) is 1. The van der Waals surface area contributed by atoms with Crippen LogP contribution >= 0.6 is 0 Å². The number of hydrogen-bond donors (Lipinski definition) is 3. The second-order valence-corrected chi connectivity index (χ2v) is 4.75. The normalized spacial score (nSPS) is 10.1. The van der Waals surface area contributed by atoms with Gasteiger partial charge in [0.15, 0.2) is 0 Å². The average molecular weight is 285 g/mol. The van der Waals surface area contributed by atoms with Gasteiger partial charge in [0.25, 0.3) is 5.91 Å². The van der Waals surface area contributed by atoms with Crippen molar-refractivity contribution in [1.82, 2.24) is 5.32 Å². The van der Waals surface area contributed by atoms with Crippen molar-refractivity contribution in [3.63, 3.8) is 0 Å². The van der Waals surface area contributed by atoms with Crippen LogP contribution < -0.4 is 21.5 Å². The number of amides is 1. The molecule has 5 nitrogen and oxygen atoms in total. The quantitative estimate of drug-likeness (QED) is 0.731. The first-order valence-corrected chi connectivity index (χ1v) is 6.65. The Morgan fingerprint density at radius 1 is 1.14 bits per heavy atom. The molecule has 0 aliphatic rings. The van der Waals surface area contributed by atoms with Crippen molar-refractivity contribution in [2.45, 2.75) is 6.42 Å². The SMILES string of the molecule is COc1cccc(CCNC(=O)c2cc(N)cc(N)c2)c1. The Kier molecular flexibility index (Phi) is 4.66. The lowest BCUT2D eigenvalue weighted by molar-refractivity contribution is 0.0954. The van der Waals surface area contributed by atoms with Crippen LogP contribution in [0.4, 0.5) is 11.4 Å². The first kappa shape index (κ1) is 14.7. The van der Waals surface area contributed by atoms with Gasteiger partial charge in [0.1, 0.15) is 5.75 Å². The highest BCUT2D eigenvalue weighted by molar-refractivity contribution is 5.96. The summed E-state index contributed by atoms with van der Waals surface area (Å²) < 4.78 is 5.16. The Bertz CT molecular complexity index is 621. The van der Waals surface area contributed by atoms with Crippen LogP contribution in [0.2, 0.25) is 0 Å². The zero-order chi connectivity index (χ0) is 15.2. The Labute approximate surface area is 123 Å². The molecular formula is C16H19N3O2. The molecule has 0 aliphatic heterocycles. The molecular weight excluding hydrogens is 266 g/mol. The molecule has 0 saturated heterocycles. The van der Waals surface area contributed by atoms with Gasteiger partial charge in [-0.05, 0) is 42.3 Å². The standard InChI is InChI=1S/C16H19N3O2/c1-21-15-4-2-3-11(7-15)5-6-19-16(20)12-8-13(17)10-14(18)9-12/h2-4,7-10H,5-6,17-18H2,1H3,(H,19,20). The third-order valence-corrected chi connectivity index (χ3v) is 3.07. The molecule has 0 spiro atoms. The lowest BCUT2D eigenvalue weighted by Crippen LogP contribution is -2.25. The number of ether oxygens (including phenoxy) is 1. The van der Waals surface area contributed by atoms with Crippen LogP contribution in [-0.2, 0) is 6.42 Å². The number of benzene rings is 2. The second kappa shape index (κ2) is 6.65. The van der Waals surface area contributed by atoms with Crippen LogP contribution in [0.1, 0.15) is 15.9 Å². The maximum Gasteiger partial charge on any atom is 0.251 e. The summed E-state index contributed by atoms with van der Waals surface area (Å²) >= 11 is 0. The predicted octanol–water partition coefficient (Wildman–Crippen LogP) is 1.83. The van der Waals surface area contributed by atoms with E-state index >= 15 is 0 Å². The van der Waals surface area contributed by atoms with Crippen LogP contribution in [-0.4, -0.2) is 19.6 Å². The summed E-state index contributed by atoms with van der Waals surface area (Å²) in [6, 6.07) is 12.6. The van der Waals surface area contributed by atoms with Crippen molar-refractivity contribution in [3.05, 3.63) is 53.6 Å². The molecule has 2 aromatic rings. The van der Waals surface area contributed by atoms with Crippen molar-refractivity contribution in [3.8, 4) is 5.75 Å². The molecule has 0 radical (unpaired) electrons. The summed E-state index contributed by atoms with van der Waals surface area (Å²) in [7, 11) is 1.63. The smallest absolute Gasteiger partial charge is 0.251 e. The van der Waals surface area contributed by atoms with Gasteiger partial charge in [-0.2, -0.15) is 0 Å². The molecule has 0 bridgehead atoms. The van der Waals surface area contributed by atoms with Gasteiger partial charge < -0.3 is 21.5 Å². The molecule has 0 atom stereocenters. The fourth-order valence-electron chi connectivity index (χ4n) is 2.06. The molecule has 0 heterocycles. The first-order chi connectivity index (χ1) is 10.1. The van der Waals surface area contributed by atoms with E-state index in [0.717, 1.165) is 17.7 Å². The molecule has 5 heteroatoms. The Morgan fingerprint density at radius 2 is 1.86 bits per heavy atom. The monoisotopic (exact) mass is 285 g/mol. The maximum atomic E-state index is 12.0. The second-order valence-electron chi connectivity index (χ2n) is 4.75. The van der Waals surface area contributed by atoms with Crippen molar-refractivity contribution in [2.75, 3.05) is 25.1 Å². The van der Waals surface area contributed by atoms with E-state index < -0.39 is 0 Å². The van der Waals surface area contributed by atoms with Crippen LogP contribution in [0, 0.1) is 0 Å². The molecule has 0 fully saturated rings. The number of carbonyl (C=O) groups is 1. The Balaban J connectivity index is 1.92. The van der Waals surface area contributed by atoms with Crippen LogP contribution in [0.15, 0.2) is 42.5 Å². The fraction of sp³-hybridized carbons (Fsp3) is 0.188. The van der Waals surface area contributed by atoms with Gasteiger partial charge in [-0.15, -0.1) is 0 Å². The highest BCUT2D eigenvalue weighted by atomic mass is 16.5. The summed E-state index contributed by atoms with van der Waals surface area (Å²) in [5.74, 6) is 0.624. The third-order valence-electron chi connectivity index (χ3n) is 3.07. The molecule has 2 aromatic carbocycles. The summed E-state index contributed by atoms with van der Waals surface area (Å²) in [6.45, 7) is 0.528. The molecule has 1 amide bonds. The van der Waals surface area contributed by atoms with Gasteiger partial charge in [-0.1, -0.05) is 12.1 Å². The summed E-state index contributed by atoms with van der Waals surface area (Å²) in [5.41, 5.74) is 13.9. The summed E-state index contributed by atoms with van der Waals surface area (Å²) in [4.78, 5) is 12.0. The van der Waals surface area contributed by atoms with Gasteiger partial charge in [0.05, 0.1) is 7.11 Å². The van der Waals surface area contributed by atoms with E-state index in [0.29, 0.717) is 23.5 Å². The van der Waals surface area contributed by atoms with Crippen molar-refractivity contribution < 1.29 is 9.53 Å². The van der Waals surface area contributed by atoms with Crippen LogP contribution in [0.5, 0.6) is 5.75 Å². The van der Waals surface area contributed by atoms with Gasteiger partial charge in [-0.25, -0.2) is 0 Å². The molecule has 21 heavy (non-hydrogen) atoms.